The number of H-pyrrole nitrogens is 1. The highest BCUT2D eigenvalue weighted by Crippen LogP contribution is 2.22. The Balaban J connectivity index is 1.58. The topological polar surface area (TPSA) is 108 Å². The SMILES string of the molecule is CCN(CC)S(=O)(=O)c1ccc(NC(=O)CSc2n[nH]c(-c3ccccc3F)n2)cc1. The normalized spacial score (nSPS) is 11.6. The van der Waals surface area contributed by atoms with E-state index in [2.05, 4.69) is 20.5 Å². The number of carbonyl (C=O) groups excluding carboxylic acids is 1. The van der Waals surface area contributed by atoms with Gasteiger partial charge in [0.15, 0.2) is 5.82 Å². The molecule has 0 spiro atoms. The number of anilines is 1. The fourth-order valence-corrected chi connectivity index (χ4v) is 4.89. The molecular formula is C20H22FN5O3S2. The summed E-state index contributed by atoms with van der Waals surface area (Å²) in [5.41, 5.74) is 0.775. The minimum absolute atomic E-state index is 0.0358. The van der Waals surface area contributed by atoms with Gasteiger partial charge >= 0.3 is 0 Å². The van der Waals surface area contributed by atoms with Crippen molar-refractivity contribution in [1.29, 1.82) is 0 Å². The molecule has 0 aliphatic carbocycles. The monoisotopic (exact) mass is 463 g/mol. The quantitative estimate of drug-likeness (QED) is 0.471. The molecule has 1 amide bonds. The zero-order chi connectivity index (χ0) is 22.4. The van der Waals surface area contributed by atoms with E-state index < -0.39 is 15.8 Å². The standard InChI is InChI=1S/C20H22FN5O3S2/c1-3-26(4-2)31(28,29)15-11-9-14(10-12-15)22-18(27)13-30-20-23-19(24-25-20)16-7-5-6-8-17(16)21/h5-12H,3-4,13H2,1-2H3,(H,22,27)(H,23,24,25). The third-order valence-electron chi connectivity index (χ3n) is 4.41. The van der Waals surface area contributed by atoms with Crippen LogP contribution in [0.4, 0.5) is 10.1 Å². The second-order valence-corrected chi connectivity index (χ2v) is 9.28. The van der Waals surface area contributed by atoms with Gasteiger partial charge in [-0.15, -0.1) is 5.10 Å². The predicted octanol–water partition coefficient (Wildman–Crippen LogP) is 3.37. The Morgan fingerprint density at radius 1 is 1.13 bits per heavy atom. The van der Waals surface area contributed by atoms with Crippen molar-refractivity contribution in [2.24, 2.45) is 0 Å². The molecule has 2 aromatic carbocycles. The van der Waals surface area contributed by atoms with E-state index in [1.54, 1.807) is 44.2 Å². The zero-order valence-electron chi connectivity index (χ0n) is 17.0. The molecule has 3 rings (SSSR count). The minimum atomic E-state index is -3.55. The predicted molar refractivity (Wildman–Crippen MR) is 118 cm³/mol. The summed E-state index contributed by atoms with van der Waals surface area (Å²) in [7, 11) is -3.55. The Hall–Kier alpha value is -2.76. The number of carbonyl (C=O) groups is 1. The van der Waals surface area contributed by atoms with Gasteiger partial charge in [-0.05, 0) is 36.4 Å². The molecule has 0 unspecified atom stereocenters. The number of nitrogens with one attached hydrogen (secondary N) is 2. The Morgan fingerprint density at radius 2 is 1.81 bits per heavy atom. The van der Waals surface area contributed by atoms with Crippen LogP contribution in [0.2, 0.25) is 0 Å². The number of sulfonamides is 1. The van der Waals surface area contributed by atoms with Crippen LogP contribution in [0.15, 0.2) is 58.6 Å². The maximum absolute atomic E-state index is 13.8. The number of hydrogen-bond acceptors (Lipinski definition) is 6. The summed E-state index contributed by atoms with van der Waals surface area (Å²) in [5, 5.41) is 9.67. The van der Waals surface area contributed by atoms with Gasteiger partial charge in [-0.25, -0.2) is 17.8 Å². The number of benzene rings is 2. The van der Waals surface area contributed by atoms with E-state index in [-0.39, 0.29) is 22.4 Å². The van der Waals surface area contributed by atoms with Gasteiger partial charge in [-0.1, -0.05) is 37.7 Å². The highest BCUT2D eigenvalue weighted by Gasteiger charge is 2.21. The van der Waals surface area contributed by atoms with Crippen molar-refractivity contribution in [3.63, 3.8) is 0 Å². The Labute approximate surface area is 184 Å². The largest absolute Gasteiger partial charge is 0.325 e. The van der Waals surface area contributed by atoms with Crippen LogP contribution in [0.3, 0.4) is 0 Å². The Bertz CT molecular complexity index is 1150. The number of thioether (sulfide) groups is 1. The summed E-state index contributed by atoms with van der Waals surface area (Å²) in [6.45, 7) is 4.32. The minimum Gasteiger partial charge on any atom is -0.325 e. The van der Waals surface area contributed by atoms with Gasteiger partial charge in [0.05, 0.1) is 16.2 Å². The molecule has 0 saturated heterocycles. The molecule has 11 heteroatoms. The Kier molecular flexibility index (Phi) is 7.42. The van der Waals surface area contributed by atoms with E-state index >= 15 is 0 Å². The van der Waals surface area contributed by atoms with E-state index in [1.165, 1.54) is 22.5 Å². The van der Waals surface area contributed by atoms with Gasteiger partial charge in [-0.3, -0.25) is 9.89 Å². The number of amides is 1. The van der Waals surface area contributed by atoms with Crippen LogP contribution in [-0.4, -0.2) is 52.7 Å². The van der Waals surface area contributed by atoms with Crippen molar-refractivity contribution in [3.05, 3.63) is 54.3 Å². The second kappa shape index (κ2) is 10.0. The summed E-state index contributed by atoms with van der Waals surface area (Å²) in [4.78, 5) is 16.6. The smallest absolute Gasteiger partial charge is 0.243 e. The first kappa shape index (κ1) is 22.9. The van der Waals surface area contributed by atoms with Crippen LogP contribution in [0.5, 0.6) is 0 Å². The molecule has 0 radical (unpaired) electrons. The fourth-order valence-electron chi connectivity index (χ4n) is 2.83. The first-order valence-corrected chi connectivity index (χ1v) is 12.0. The van der Waals surface area contributed by atoms with Crippen molar-refractivity contribution in [2.45, 2.75) is 23.9 Å². The highest BCUT2D eigenvalue weighted by molar-refractivity contribution is 7.99. The molecule has 0 atom stereocenters. The lowest BCUT2D eigenvalue weighted by Crippen LogP contribution is -2.30. The van der Waals surface area contributed by atoms with Crippen LogP contribution in [0.1, 0.15) is 13.8 Å². The maximum Gasteiger partial charge on any atom is 0.243 e. The lowest BCUT2D eigenvalue weighted by atomic mass is 10.2. The van der Waals surface area contributed by atoms with E-state index in [4.69, 9.17) is 0 Å². The van der Waals surface area contributed by atoms with Crippen LogP contribution < -0.4 is 5.32 Å². The first-order valence-electron chi connectivity index (χ1n) is 9.55. The molecular weight excluding hydrogens is 441 g/mol. The fraction of sp³-hybridized carbons (Fsp3) is 0.250. The number of hydrogen-bond donors (Lipinski definition) is 2. The third kappa shape index (κ3) is 5.49. The summed E-state index contributed by atoms with van der Waals surface area (Å²) >= 11 is 1.10. The molecule has 1 heterocycles. The molecule has 1 aromatic heterocycles. The molecule has 0 aliphatic heterocycles. The molecule has 0 saturated carbocycles. The number of halogens is 1. The Morgan fingerprint density at radius 3 is 2.45 bits per heavy atom. The van der Waals surface area contributed by atoms with Gasteiger partial charge < -0.3 is 5.32 Å². The van der Waals surface area contributed by atoms with Crippen LogP contribution in [0, 0.1) is 5.82 Å². The van der Waals surface area contributed by atoms with E-state index in [9.17, 15) is 17.6 Å². The molecule has 0 bridgehead atoms. The van der Waals surface area contributed by atoms with Gasteiger partial charge in [-0.2, -0.15) is 4.31 Å². The van der Waals surface area contributed by atoms with Crippen LogP contribution >= 0.6 is 11.8 Å². The molecule has 2 N–H and O–H groups in total. The summed E-state index contributed by atoms with van der Waals surface area (Å²) < 4.78 is 40.2. The van der Waals surface area contributed by atoms with Gasteiger partial charge in [0.1, 0.15) is 5.82 Å². The van der Waals surface area contributed by atoms with Crippen LogP contribution in [-0.2, 0) is 14.8 Å². The molecule has 0 aliphatic rings. The molecule has 31 heavy (non-hydrogen) atoms. The summed E-state index contributed by atoms with van der Waals surface area (Å²) in [6.07, 6.45) is 0. The molecule has 8 nitrogen and oxygen atoms in total. The lowest BCUT2D eigenvalue weighted by molar-refractivity contribution is -0.113. The van der Waals surface area contributed by atoms with Gasteiger partial charge in [0.25, 0.3) is 0 Å². The summed E-state index contributed by atoms with van der Waals surface area (Å²) in [6, 6.07) is 12.2. The highest BCUT2D eigenvalue weighted by atomic mass is 32.2. The number of aromatic nitrogens is 3. The van der Waals surface area contributed by atoms with Crippen molar-refractivity contribution < 1.29 is 17.6 Å². The third-order valence-corrected chi connectivity index (χ3v) is 7.32. The average Bonchev–Trinajstić information content (AvgIpc) is 3.22. The number of aromatic amines is 1. The van der Waals surface area contributed by atoms with Crippen molar-refractivity contribution >= 4 is 33.4 Å². The number of nitrogens with zero attached hydrogens (tertiary/aromatic N) is 3. The van der Waals surface area contributed by atoms with Crippen molar-refractivity contribution in [1.82, 2.24) is 19.5 Å². The van der Waals surface area contributed by atoms with Gasteiger partial charge in [0, 0.05) is 18.8 Å². The van der Waals surface area contributed by atoms with E-state index in [0.717, 1.165) is 11.8 Å². The molecule has 164 valence electrons. The first-order chi connectivity index (χ1) is 14.8. The molecule has 3 aromatic rings. The maximum atomic E-state index is 13.8. The lowest BCUT2D eigenvalue weighted by Gasteiger charge is -2.18. The number of rotatable bonds is 9. The average molecular weight is 464 g/mol. The molecule has 0 fully saturated rings. The van der Waals surface area contributed by atoms with Gasteiger partial charge in [0.2, 0.25) is 21.1 Å². The van der Waals surface area contributed by atoms with E-state index in [1.807, 2.05) is 0 Å². The zero-order valence-corrected chi connectivity index (χ0v) is 18.6. The second-order valence-electron chi connectivity index (χ2n) is 6.40. The van der Waals surface area contributed by atoms with Crippen molar-refractivity contribution in [2.75, 3.05) is 24.2 Å². The van der Waals surface area contributed by atoms with Crippen molar-refractivity contribution in [3.8, 4) is 11.4 Å². The summed E-state index contributed by atoms with van der Waals surface area (Å²) in [5.74, 6) is -0.402. The van der Waals surface area contributed by atoms with E-state index in [0.29, 0.717) is 29.5 Å². The van der Waals surface area contributed by atoms with Crippen LogP contribution in [0.25, 0.3) is 11.4 Å².